The molecule has 2 amide bonds. The maximum absolute atomic E-state index is 13.9. The average Bonchev–Trinajstić information content (AvgIpc) is 3.23. The molecule has 0 bridgehead atoms. The van der Waals surface area contributed by atoms with Crippen molar-refractivity contribution in [3.8, 4) is 28.0 Å². The van der Waals surface area contributed by atoms with Crippen LogP contribution < -0.4 is 15.1 Å². The zero-order valence-electron chi connectivity index (χ0n) is 20.0. The molecule has 2 N–H and O–H groups in total. The number of phenols is 1. The molecule has 2 aliphatic heterocycles. The number of aromatic hydroxyl groups is 1. The number of pyridine rings is 1. The van der Waals surface area contributed by atoms with Crippen LogP contribution in [0.25, 0.3) is 22.3 Å². The predicted octanol–water partition coefficient (Wildman–Crippen LogP) is 5.07. The van der Waals surface area contributed by atoms with E-state index in [0.717, 1.165) is 38.3 Å². The van der Waals surface area contributed by atoms with Crippen molar-refractivity contribution in [2.45, 2.75) is 6.18 Å². The number of benzene rings is 2. The summed E-state index contributed by atoms with van der Waals surface area (Å²) in [5, 5.41) is 14.1. The van der Waals surface area contributed by atoms with Gasteiger partial charge in [-0.05, 0) is 59.2 Å². The molecule has 37 heavy (non-hydrogen) atoms. The van der Waals surface area contributed by atoms with Crippen molar-refractivity contribution in [2.24, 2.45) is 0 Å². The lowest BCUT2D eigenvalue weighted by Crippen LogP contribution is -2.43. The van der Waals surface area contributed by atoms with Crippen molar-refractivity contribution in [2.75, 3.05) is 56.1 Å². The number of anilines is 2. The van der Waals surface area contributed by atoms with Gasteiger partial charge in [0.25, 0.3) is 0 Å². The summed E-state index contributed by atoms with van der Waals surface area (Å²) in [6.45, 7) is 3.98. The van der Waals surface area contributed by atoms with E-state index in [1.54, 1.807) is 37.5 Å². The highest BCUT2D eigenvalue weighted by Gasteiger charge is 2.33. The van der Waals surface area contributed by atoms with Crippen LogP contribution in [0.3, 0.4) is 0 Å². The standard InChI is InChI=1S/C26H25ClF3N5O2/c1-33-10-11-35(25(33)37)21-3-2-20(24(36)23(21)27)18-12-17(13-19(14-18)26(28,29)30)16-4-5-32-22(15-16)34-8-6-31-7-9-34/h2-5,12-15,31,36H,6-11H2,1H3. The summed E-state index contributed by atoms with van der Waals surface area (Å²) in [5.74, 6) is 0.302. The van der Waals surface area contributed by atoms with E-state index in [-0.39, 0.29) is 27.9 Å². The van der Waals surface area contributed by atoms with Crippen LogP contribution in [0.2, 0.25) is 5.02 Å². The maximum atomic E-state index is 13.9. The highest BCUT2D eigenvalue weighted by Crippen LogP contribution is 2.44. The number of nitrogens with one attached hydrogen (secondary N) is 1. The number of piperazine rings is 1. The molecule has 0 atom stereocenters. The second kappa shape index (κ2) is 9.75. The molecular formula is C26H25ClF3N5O2. The van der Waals surface area contributed by atoms with E-state index in [4.69, 9.17) is 11.6 Å². The number of amides is 2. The third-order valence-corrected chi connectivity index (χ3v) is 7.07. The van der Waals surface area contributed by atoms with Crippen molar-refractivity contribution in [1.29, 1.82) is 0 Å². The first-order chi connectivity index (χ1) is 17.6. The highest BCUT2D eigenvalue weighted by molar-refractivity contribution is 6.35. The normalized spacial score (nSPS) is 16.6. The van der Waals surface area contributed by atoms with Gasteiger partial charge in [0.15, 0.2) is 0 Å². The maximum Gasteiger partial charge on any atom is 0.416 e. The SMILES string of the molecule is CN1CCN(c2ccc(-c3cc(-c4ccnc(N5CCNCC5)c4)cc(C(F)(F)F)c3)c(O)c2Cl)C1=O. The smallest absolute Gasteiger partial charge is 0.416 e. The van der Waals surface area contributed by atoms with Gasteiger partial charge in [0.2, 0.25) is 0 Å². The van der Waals surface area contributed by atoms with Crippen molar-refractivity contribution >= 4 is 29.1 Å². The zero-order valence-corrected chi connectivity index (χ0v) is 20.8. The van der Waals surface area contributed by atoms with Crippen LogP contribution in [-0.2, 0) is 6.18 Å². The molecule has 2 fully saturated rings. The molecule has 11 heteroatoms. The Morgan fingerprint density at radius 2 is 1.70 bits per heavy atom. The van der Waals surface area contributed by atoms with E-state index in [2.05, 4.69) is 15.2 Å². The number of nitrogens with zero attached hydrogens (tertiary/aromatic N) is 4. The Morgan fingerprint density at radius 3 is 2.38 bits per heavy atom. The number of hydrogen-bond acceptors (Lipinski definition) is 5. The number of urea groups is 1. The zero-order chi connectivity index (χ0) is 26.3. The van der Waals surface area contributed by atoms with Crippen molar-refractivity contribution in [3.05, 3.63) is 59.2 Å². The molecule has 1 aromatic heterocycles. The lowest BCUT2D eigenvalue weighted by atomic mass is 9.95. The Labute approximate surface area is 217 Å². The van der Waals surface area contributed by atoms with Crippen LogP contribution in [0.15, 0.2) is 48.7 Å². The first kappa shape index (κ1) is 25.2. The molecule has 7 nitrogen and oxygen atoms in total. The number of halogens is 4. The van der Waals surface area contributed by atoms with Gasteiger partial charge in [-0.15, -0.1) is 0 Å². The minimum absolute atomic E-state index is 0.0926. The number of aromatic nitrogens is 1. The summed E-state index contributed by atoms with van der Waals surface area (Å²) >= 11 is 6.43. The second-order valence-corrected chi connectivity index (χ2v) is 9.47. The average molecular weight is 532 g/mol. The number of carbonyl (C=O) groups is 1. The largest absolute Gasteiger partial charge is 0.506 e. The molecule has 0 aliphatic carbocycles. The molecule has 3 aromatic rings. The van der Waals surface area contributed by atoms with Crippen LogP contribution in [0.5, 0.6) is 5.75 Å². The van der Waals surface area contributed by atoms with Crippen molar-refractivity contribution in [1.82, 2.24) is 15.2 Å². The van der Waals surface area contributed by atoms with Gasteiger partial charge in [-0.2, -0.15) is 13.2 Å². The van der Waals surface area contributed by atoms with E-state index in [1.807, 2.05) is 0 Å². The number of rotatable bonds is 4. The first-order valence-electron chi connectivity index (χ1n) is 11.8. The quantitative estimate of drug-likeness (QED) is 0.491. The van der Waals surface area contributed by atoms with Gasteiger partial charge in [0.1, 0.15) is 16.6 Å². The monoisotopic (exact) mass is 531 g/mol. The molecule has 3 heterocycles. The fourth-order valence-electron chi connectivity index (χ4n) is 4.64. The third kappa shape index (κ3) is 4.91. The van der Waals surface area contributed by atoms with Crippen LogP contribution in [-0.4, -0.2) is 67.3 Å². The number of hydrogen-bond donors (Lipinski definition) is 2. The third-order valence-electron chi connectivity index (χ3n) is 6.69. The minimum atomic E-state index is -4.61. The summed E-state index contributed by atoms with van der Waals surface area (Å²) in [6, 6.07) is 9.86. The Morgan fingerprint density at radius 1 is 0.973 bits per heavy atom. The van der Waals surface area contributed by atoms with Gasteiger partial charge in [-0.25, -0.2) is 9.78 Å². The summed E-state index contributed by atoms with van der Waals surface area (Å²) in [7, 11) is 1.65. The topological polar surface area (TPSA) is 71.9 Å². The van der Waals surface area contributed by atoms with E-state index in [0.29, 0.717) is 35.7 Å². The summed E-state index contributed by atoms with van der Waals surface area (Å²) in [4.78, 5) is 21.8. The van der Waals surface area contributed by atoms with Gasteiger partial charge < -0.3 is 20.2 Å². The molecule has 0 unspecified atom stereocenters. The Bertz CT molecular complexity index is 1340. The molecule has 5 rings (SSSR count). The lowest BCUT2D eigenvalue weighted by molar-refractivity contribution is -0.137. The molecule has 0 spiro atoms. The van der Waals surface area contributed by atoms with Crippen LogP contribution in [0, 0.1) is 0 Å². The molecule has 2 aromatic carbocycles. The number of phenolic OH excluding ortho intramolecular Hbond substituents is 1. The van der Waals surface area contributed by atoms with Gasteiger partial charge in [-0.1, -0.05) is 11.6 Å². The number of carbonyl (C=O) groups excluding carboxylic acids is 1. The van der Waals surface area contributed by atoms with E-state index in [1.165, 1.54) is 15.9 Å². The summed E-state index contributed by atoms with van der Waals surface area (Å²) < 4.78 is 41.7. The van der Waals surface area contributed by atoms with E-state index < -0.39 is 11.7 Å². The van der Waals surface area contributed by atoms with Gasteiger partial charge in [0.05, 0.1) is 11.3 Å². The molecule has 2 aliphatic rings. The van der Waals surface area contributed by atoms with Gasteiger partial charge >= 0.3 is 12.2 Å². The molecule has 2 saturated heterocycles. The first-order valence-corrected chi connectivity index (χ1v) is 12.2. The fraction of sp³-hybridized carbons (Fsp3) is 0.308. The molecule has 194 valence electrons. The Kier molecular flexibility index (Phi) is 6.63. The molecule has 0 saturated carbocycles. The fourth-order valence-corrected chi connectivity index (χ4v) is 4.91. The number of alkyl halides is 3. The number of likely N-dealkylation sites (N-methyl/N-ethyl adjacent to an activating group) is 1. The Balaban J connectivity index is 1.58. The van der Waals surface area contributed by atoms with Crippen LogP contribution in [0.1, 0.15) is 5.56 Å². The summed E-state index contributed by atoms with van der Waals surface area (Å²) in [5.41, 5.74) is 0.651. The van der Waals surface area contributed by atoms with Crippen molar-refractivity contribution in [3.63, 3.8) is 0 Å². The Hall–Kier alpha value is -3.50. The lowest BCUT2D eigenvalue weighted by Gasteiger charge is -2.28. The molecular weight excluding hydrogens is 507 g/mol. The minimum Gasteiger partial charge on any atom is -0.506 e. The van der Waals surface area contributed by atoms with Gasteiger partial charge in [0, 0.05) is 58.1 Å². The highest BCUT2D eigenvalue weighted by atomic mass is 35.5. The van der Waals surface area contributed by atoms with Crippen LogP contribution >= 0.6 is 11.6 Å². The van der Waals surface area contributed by atoms with Gasteiger partial charge in [-0.3, -0.25) is 4.90 Å². The van der Waals surface area contributed by atoms with E-state index in [9.17, 15) is 23.1 Å². The second-order valence-electron chi connectivity index (χ2n) is 9.09. The van der Waals surface area contributed by atoms with E-state index >= 15 is 0 Å². The molecule has 0 radical (unpaired) electrons. The predicted molar refractivity (Wildman–Crippen MR) is 137 cm³/mol. The summed E-state index contributed by atoms with van der Waals surface area (Å²) in [6.07, 6.45) is -3.02. The van der Waals surface area contributed by atoms with Crippen molar-refractivity contribution < 1.29 is 23.1 Å². The van der Waals surface area contributed by atoms with Crippen LogP contribution in [0.4, 0.5) is 29.5 Å².